The molecule has 0 amide bonds. The molecule has 1 aliphatic carbocycles. The summed E-state index contributed by atoms with van der Waals surface area (Å²) in [5, 5.41) is 3.64. The van der Waals surface area contributed by atoms with E-state index in [0.29, 0.717) is 12.6 Å². The van der Waals surface area contributed by atoms with Crippen molar-refractivity contribution >= 4 is 12.4 Å². The SMILES string of the molecule is C=CCOc1ccc(CNC2CCCCC2)cc1OC.Cl. The van der Waals surface area contributed by atoms with E-state index >= 15 is 0 Å². The standard InChI is InChI=1S/C17H25NO2.ClH/c1-3-11-20-16-10-9-14(12-17(16)19-2)13-18-15-7-5-4-6-8-15;/h3,9-10,12,15,18H,1,4-8,11,13H2,2H3;1H. The molecule has 0 atom stereocenters. The predicted octanol–water partition coefficient (Wildman–Crippen LogP) is 4.10. The zero-order valence-corrected chi connectivity index (χ0v) is 13.6. The summed E-state index contributed by atoms with van der Waals surface area (Å²) in [5.74, 6) is 1.56. The summed E-state index contributed by atoms with van der Waals surface area (Å²) < 4.78 is 11.0. The van der Waals surface area contributed by atoms with Gasteiger partial charge in [0.1, 0.15) is 6.61 Å². The van der Waals surface area contributed by atoms with Gasteiger partial charge < -0.3 is 14.8 Å². The van der Waals surface area contributed by atoms with Gasteiger partial charge in [0.25, 0.3) is 0 Å². The zero-order chi connectivity index (χ0) is 14.2. The molecule has 2 rings (SSSR count). The van der Waals surface area contributed by atoms with Gasteiger partial charge in [-0.05, 0) is 30.5 Å². The van der Waals surface area contributed by atoms with Gasteiger partial charge in [-0.2, -0.15) is 0 Å². The molecule has 21 heavy (non-hydrogen) atoms. The van der Waals surface area contributed by atoms with Gasteiger partial charge in [-0.15, -0.1) is 12.4 Å². The van der Waals surface area contributed by atoms with Crippen molar-refractivity contribution in [3.05, 3.63) is 36.4 Å². The minimum absolute atomic E-state index is 0. The molecule has 0 radical (unpaired) electrons. The Hall–Kier alpha value is -1.19. The van der Waals surface area contributed by atoms with Crippen LogP contribution in [-0.4, -0.2) is 19.8 Å². The third kappa shape index (κ3) is 5.60. The van der Waals surface area contributed by atoms with E-state index in [4.69, 9.17) is 9.47 Å². The normalized spacial score (nSPS) is 15.1. The van der Waals surface area contributed by atoms with Crippen molar-refractivity contribution in [1.82, 2.24) is 5.32 Å². The smallest absolute Gasteiger partial charge is 0.161 e. The Morgan fingerprint density at radius 2 is 2.00 bits per heavy atom. The molecular formula is C17H26ClNO2. The van der Waals surface area contributed by atoms with E-state index < -0.39 is 0 Å². The number of methoxy groups -OCH3 is 1. The van der Waals surface area contributed by atoms with Crippen molar-refractivity contribution in [2.75, 3.05) is 13.7 Å². The molecule has 1 saturated carbocycles. The van der Waals surface area contributed by atoms with Crippen molar-refractivity contribution in [1.29, 1.82) is 0 Å². The number of ether oxygens (including phenoxy) is 2. The summed E-state index contributed by atoms with van der Waals surface area (Å²) in [7, 11) is 1.68. The average molecular weight is 312 g/mol. The monoisotopic (exact) mass is 311 g/mol. The second-order valence-electron chi connectivity index (χ2n) is 5.30. The Morgan fingerprint density at radius 1 is 1.24 bits per heavy atom. The van der Waals surface area contributed by atoms with Crippen molar-refractivity contribution < 1.29 is 9.47 Å². The van der Waals surface area contributed by atoms with Gasteiger partial charge in [0.15, 0.2) is 11.5 Å². The van der Waals surface area contributed by atoms with Crippen LogP contribution in [0.1, 0.15) is 37.7 Å². The van der Waals surface area contributed by atoms with Gasteiger partial charge >= 0.3 is 0 Å². The molecule has 1 N–H and O–H groups in total. The minimum atomic E-state index is 0. The van der Waals surface area contributed by atoms with E-state index in [0.717, 1.165) is 18.0 Å². The van der Waals surface area contributed by atoms with Gasteiger partial charge in [-0.1, -0.05) is 38.0 Å². The molecule has 118 valence electrons. The van der Waals surface area contributed by atoms with Crippen LogP contribution in [0, 0.1) is 0 Å². The molecule has 1 fully saturated rings. The average Bonchev–Trinajstić information content (AvgIpc) is 2.52. The van der Waals surface area contributed by atoms with Crippen LogP contribution in [0.3, 0.4) is 0 Å². The van der Waals surface area contributed by atoms with Crippen molar-refractivity contribution in [2.45, 2.75) is 44.7 Å². The summed E-state index contributed by atoms with van der Waals surface area (Å²) in [6, 6.07) is 6.79. The van der Waals surface area contributed by atoms with Crippen molar-refractivity contribution in [3.63, 3.8) is 0 Å². The van der Waals surface area contributed by atoms with Gasteiger partial charge in [0.05, 0.1) is 7.11 Å². The molecule has 0 aromatic heterocycles. The summed E-state index contributed by atoms with van der Waals surface area (Å²) in [4.78, 5) is 0. The zero-order valence-electron chi connectivity index (χ0n) is 12.8. The van der Waals surface area contributed by atoms with Gasteiger partial charge in [-0.3, -0.25) is 0 Å². The number of rotatable bonds is 7. The topological polar surface area (TPSA) is 30.5 Å². The Kier molecular flexibility index (Phi) is 8.24. The number of hydrogen-bond acceptors (Lipinski definition) is 3. The third-order valence-electron chi connectivity index (χ3n) is 3.78. The van der Waals surface area contributed by atoms with E-state index in [2.05, 4.69) is 18.0 Å². The Morgan fingerprint density at radius 3 is 2.67 bits per heavy atom. The van der Waals surface area contributed by atoms with Gasteiger partial charge in [-0.25, -0.2) is 0 Å². The first-order valence-electron chi connectivity index (χ1n) is 7.47. The molecule has 0 bridgehead atoms. The molecule has 0 aliphatic heterocycles. The van der Waals surface area contributed by atoms with Crippen LogP contribution in [0.25, 0.3) is 0 Å². The lowest BCUT2D eigenvalue weighted by atomic mass is 9.95. The fraction of sp³-hybridized carbons (Fsp3) is 0.529. The highest BCUT2D eigenvalue weighted by Crippen LogP contribution is 2.28. The fourth-order valence-electron chi connectivity index (χ4n) is 2.66. The highest BCUT2D eigenvalue weighted by molar-refractivity contribution is 5.85. The van der Waals surface area contributed by atoms with Crippen LogP contribution in [0.15, 0.2) is 30.9 Å². The summed E-state index contributed by atoms with van der Waals surface area (Å²) in [5.41, 5.74) is 1.23. The molecule has 0 saturated heterocycles. The first kappa shape index (κ1) is 17.9. The van der Waals surface area contributed by atoms with Crippen molar-refractivity contribution in [2.24, 2.45) is 0 Å². The first-order valence-corrected chi connectivity index (χ1v) is 7.47. The van der Waals surface area contributed by atoms with Gasteiger partial charge in [0, 0.05) is 12.6 Å². The molecule has 1 aliphatic rings. The van der Waals surface area contributed by atoms with Crippen LogP contribution in [0.2, 0.25) is 0 Å². The van der Waals surface area contributed by atoms with E-state index in [1.54, 1.807) is 13.2 Å². The van der Waals surface area contributed by atoms with Crippen LogP contribution >= 0.6 is 12.4 Å². The lowest BCUT2D eigenvalue weighted by Gasteiger charge is -2.23. The van der Waals surface area contributed by atoms with E-state index in [9.17, 15) is 0 Å². The number of halogens is 1. The molecule has 1 aromatic carbocycles. The molecule has 4 heteroatoms. The Labute approximate surface area is 134 Å². The maximum Gasteiger partial charge on any atom is 0.161 e. The largest absolute Gasteiger partial charge is 0.493 e. The number of benzene rings is 1. The Bertz CT molecular complexity index is 431. The summed E-state index contributed by atoms with van der Waals surface area (Å²) in [6.07, 6.45) is 8.44. The fourth-order valence-corrected chi connectivity index (χ4v) is 2.66. The number of nitrogens with one attached hydrogen (secondary N) is 1. The molecule has 3 nitrogen and oxygen atoms in total. The lowest BCUT2D eigenvalue weighted by molar-refractivity contribution is 0.325. The highest BCUT2D eigenvalue weighted by atomic mass is 35.5. The Balaban J connectivity index is 0.00000220. The molecule has 0 unspecified atom stereocenters. The maximum atomic E-state index is 5.56. The molecular weight excluding hydrogens is 286 g/mol. The molecule has 0 spiro atoms. The van der Waals surface area contributed by atoms with Crippen LogP contribution < -0.4 is 14.8 Å². The minimum Gasteiger partial charge on any atom is -0.493 e. The summed E-state index contributed by atoms with van der Waals surface area (Å²) in [6.45, 7) is 5.04. The molecule has 0 heterocycles. The summed E-state index contributed by atoms with van der Waals surface area (Å²) >= 11 is 0. The van der Waals surface area contributed by atoms with E-state index in [-0.39, 0.29) is 12.4 Å². The highest BCUT2D eigenvalue weighted by Gasteiger charge is 2.13. The predicted molar refractivity (Wildman–Crippen MR) is 89.6 cm³/mol. The third-order valence-corrected chi connectivity index (χ3v) is 3.78. The van der Waals surface area contributed by atoms with Crippen LogP contribution in [-0.2, 0) is 6.54 Å². The van der Waals surface area contributed by atoms with E-state index in [1.165, 1.54) is 37.7 Å². The first-order chi connectivity index (χ1) is 9.83. The molecule has 1 aromatic rings. The number of hydrogen-bond donors (Lipinski definition) is 1. The second kappa shape index (κ2) is 9.69. The lowest BCUT2D eigenvalue weighted by Crippen LogP contribution is -2.30. The quantitative estimate of drug-likeness (QED) is 0.769. The van der Waals surface area contributed by atoms with Crippen LogP contribution in [0.5, 0.6) is 11.5 Å². The maximum absolute atomic E-state index is 5.56. The van der Waals surface area contributed by atoms with Crippen molar-refractivity contribution in [3.8, 4) is 11.5 Å². The van der Waals surface area contributed by atoms with Gasteiger partial charge in [0.2, 0.25) is 0 Å². The second-order valence-corrected chi connectivity index (χ2v) is 5.30. The van der Waals surface area contributed by atoms with Crippen LogP contribution in [0.4, 0.5) is 0 Å². The van der Waals surface area contributed by atoms with E-state index in [1.807, 2.05) is 12.1 Å².